The SMILES string of the molecule is COc1cc(C(=O)c2cn(-c3ccc(N)cc3)cc2-c2cccc(N)c2)cc(OC)c1OC. The van der Waals surface area contributed by atoms with Gasteiger partial charge in [0.15, 0.2) is 17.3 Å². The number of hydrogen-bond acceptors (Lipinski definition) is 6. The number of nitrogens with zero attached hydrogens (tertiary/aromatic N) is 1. The number of ketones is 1. The minimum Gasteiger partial charge on any atom is -0.493 e. The second kappa shape index (κ2) is 9.00. The highest BCUT2D eigenvalue weighted by molar-refractivity contribution is 6.13. The molecule has 0 atom stereocenters. The number of hydrogen-bond donors (Lipinski definition) is 2. The van der Waals surface area contributed by atoms with Crippen molar-refractivity contribution in [2.45, 2.75) is 0 Å². The number of carbonyl (C=O) groups is 1. The number of carbonyl (C=O) groups excluding carboxylic acids is 1. The number of nitrogens with two attached hydrogens (primary N) is 2. The van der Waals surface area contributed by atoms with Gasteiger partial charge in [0.05, 0.1) is 21.3 Å². The average molecular weight is 444 g/mol. The van der Waals surface area contributed by atoms with Crippen LogP contribution < -0.4 is 25.7 Å². The Morgan fingerprint density at radius 3 is 2.03 bits per heavy atom. The lowest BCUT2D eigenvalue weighted by atomic mass is 9.97. The summed E-state index contributed by atoms with van der Waals surface area (Å²) in [5, 5.41) is 0. The predicted molar refractivity (Wildman–Crippen MR) is 130 cm³/mol. The average Bonchev–Trinajstić information content (AvgIpc) is 3.28. The van der Waals surface area contributed by atoms with Crippen molar-refractivity contribution in [3.63, 3.8) is 0 Å². The van der Waals surface area contributed by atoms with Crippen LogP contribution >= 0.6 is 0 Å². The molecule has 7 nitrogen and oxygen atoms in total. The van der Waals surface area contributed by atoms with Crippen molar-refractivity contribution in [1.82, 2.24) is 4.57 Å². The first-order valence-corrected chi connectivity index (χ1v) is 10.2. The van der Waals surface area contributed by atoms with Crippen molar-refractivity contribution in [3.05, 3.63) is 84.2 Å². The Balaban J connectivity index is 1.89. The molecule has 0 spiro atoms. The Bertz CT molecular complexity index is 1280. The molecule has 4 aromatic rings. The van der Waals surface area contributed by atoms with E-state index in [4.69, 9.17) is 25.7 Å². The lowest BCUT2D eigenvalue weighted by Crippen LogP contribution is -2.05. The molecule has 3 aromatic carbocycles. The molecular formula is C26H25N3O4. The van der Waals surface area contributed by atoms with Gasteiger partial charge >= 0.3 is 0 Å². The van der Waals surface area contributed by atoms with Crippen LogP contribution in [0.4, 0.5) is 11.4 Å². The normalized spacial score (nSPS) is 10.6. The van der Waals surface area contributed by atoms with E-state index < -0.39 is 0 Å². The molecule has 33 heavy (non-hydrogen) atoms. The molecular weight excluding hydrogens is 418 g/mol. The summed E-state index contributed by atoms with van der Waals surface area (Å²) in [6.45, 7) is 0. The molecule has 0 saturated heterocycles. The summed E-state index contributed by atoms with van der Waals surface area (Å²) in [6.07, 6.45) is 3.71. The van der Waals surface area contributed by atoms with Crippen LogP contribution in [0.1, 0.15) is 15.9 Å². The molecule has 1 heterocycles. The molecule has 0 saturated carbocycles. The molecule has 0 fully saturated rings. The second-order valence-corrected chi connectivity index (χ2v) is 7.45. The molecule has 0 aliphatic rings. The quantitative estimate of drug-likeness (QED) is 0.321. The predicted octanol–water partition coefficient (Wildman–Crippen LogP) is 4.57. The van der Waals surface area contributed by atoms with Crippen LogP contribution in [-0.2, 0) is 0 Å². The highest BCUT2D eigenvalue weighted by atomic mass is 16.5. The number of anilines is 2. The zero-order chi connectivity index (χ0) is 23.5. The summed E-state index contributed by atoms with van der Waals surface area (Å²) < 4.78 is 18.1. The fourth-order valence-corrected chi connectivity index (χ4v) is 3.73. The Morgan fingerprint density at radius 2 is 1.45 bits per heavy atom. The maximum atomic E-state index is 13.7. The van der Waals surface area contributed by atoms with Gasteiger partial charge in [-0.25, -0.2) is 0 Å². The highest BCUT2D eigenvalue weighted by Crippen LogP contribution is 2.39. The molecule has 0 aliphatic heterocycles. The molecule has 0 radical (unpaired) electrons. The Labute approximate surface area is 192 Å². The molecule has 168 valence electrons. The molecule has 4 N–H and O–H groups in total. The Hall–Kier alpha value is -4.39. The zero-order valence-electron chi connectivity index (χ0n) is 18.7. The maximum absolute atomic E-state index is 13.7. The lowest BCUT2D eigenvalue weighted by molar-refractivity contribution is 0.103. The zero-order valence-corrected chi connectivity index (χ0v) is 18.7. The van der Waals surface area contributed by atoms with Crippen molar-refractivity contribution < 1.29 is 19.0 Å². The number of aromatic nitrogens is 1. The van der Waals surface area contributed by atoms with Gasteiger partial charge in [0.1, 0.15) is 0 Å². The van der Waals surface area contributed by atoms with Crippen LogP contribution in [0.25, 0.3) is 16.8 Å². The number of ether oxygens (including phenoxy) is 3. The fraction of sp³-hybridized carbons (Fsp3) is 0.115. The molecule has 0 unspecified atom stereocenters. The van der Waals surface area contributed by atoms with Crippen LogP contribution in [0.15, 0.2) is 73.1 Å². The highest BCUT2D eigenvalue weighted by Gasteiger charge is 2.22. The third-order valence-electron chi connectivity index (χ3n) is 5.39. The van der Waals surface area contributed by atoms with E-state index in [1.807, 2.05) is 53.2 Å². The summed E-state index contributed by atoms with van der Waals surface area (Å²) in [5.74, 6) is 1.04. The van der Waals surface area contributed by atoms with Crippen LogP contribution in [0, 0.1) is 0 Å². The van der Waals surface area contributed by atoms with Gasteiger partial charge in [-0.2, -0.15) is 0 Å². The van der Waals surface area contributed by atoms with Gasteiger partial charge in [-0.3, -0.25) is 4.79 Å². The molecule has 4 rings (SSSR count). The summed E-state index contributed by atoms with van der Waals surface area (Å²) in [6, 6.07) is 18.1. The van der Waals surface area contributed by atoms with E-state index in [0.717, 1.165) is 16.8 Å². The maximum Gasteiger partial charge on any atom is 0.203 e. The third-order valence-corrected chi connectivity index (χ3v) is 5.39. The lowest BCUT2D eigenvalue weighted by Gasteiger charge is -2.14. The summed E-state index contributed by atoms with van der Waals surface area (Å²) in [4.78, 5) is 13.7. The summed E-state index contributed by atoms with van der Waals surface area (Å²) in [5.41, 5.74) is 16.5. The number of rotatable bonds is 7. The first-order valence-electron chi connectivity index (χ1n) is 10.2. The van der Waals surface area contributed by atoms with Crippen molar-refractivity contribution in [1.29, 1.82) is 0 Å². The van der Waals surface area contributed by atoms with E-state index in [9.17, 15) is 4.79 Å². The van der Waals surface area contributed by atoms with Crippen molar-refractivity contribution in [3.8, 4) is 34.1 Å². The van der Waals surface area contributed by atoms with E-state index in [-0.39, 0.29) is 5.78 Å². The van der Waals surface area contributed by atoms with E-state index in [1.165, 1.54) is 21.3 Å². The minimum absolute atomic E-state index is 0.194. The smallest absolute Gasteiger partial charge is 0.203 e. The number of methoxy groups -OCH3 is 3. The first-order chi connectivity index (χ1) is 15.9. The van der Waals surface area contributed by atoms with Gasteiger partial charge in [-0.05, 0) is 54.1 Å². The molecule has 0 amide bonds. The van der Waals surface area contributed by atoms with Crippen molar-refractivity contribution >= 4 is 17.2 Å². The second-order valence-electron chi connectivity index (χ2n) is 7.45. The fourth-order valence-electron chi connectivity index (χ4n) is 3.73. The third kappa shape index (κ3) is 4.21. The topological polar surface area (TPSA) is 102 Å². The molecule has 0 bridgehead atoms. The van der Waals surface area contributed by atoms with Gasteiger partial charge in [0.25, 0.3) is 0 Å². The largest absolute Gasteiger partial charge is 0.493 e. The van der Waals surface area contributed by atoms with E-state index in [0.29, 0.717) is 39.8 Å². The Morgan fingerprint density at radius 1 is 0.788 bits per heavy atom. The summed E-state index contributed by atoms with van der Waals surface area (Å²) >= 11 is 0. The minimum atomic E-state index is -0.194. The monoisotopic (exact) mass is 443 g/mol. The van der Waals surface area contributed by atoms with Gasteiger partial charge in [0, 0.05) is 46.1 Å². The van der Waals surface area contributed by atoms with Crippen molar-refractivity contribution in [2.24, 2.45) is 0 Å². The van der Waals surface area contributed by atoms with Gasteiger partial charge in [-0.1, -0.05) is 12.1 Å². The Kier molecular flexibility index (Phi) is 5.95. The van der Waals surface area contributed by atoms with Crippen LogP contribution in [0.2, 0.25) is 0 Å². The molecule has 7 heteroatoms. The van der Waals surface area contributed by atoms with E-state index in [2.05, 4.69) is 0 Å². The number of benzene rings is 3. The van der Waals surface area contributed by atoms with Crippen LogP contribution in [-0.4, -0.2) is 31.7 Å². The van der Waals surface area contributed by atoms with Crippen LogP contribution in [0.3, 0.4) is 0 Å². The van der Waals surface area contributed by atoms with E-state index in [1.54, 1.807) is 24.4 Å². The standard InChI is InChI=1S/C26H25N3O4/c1-31-23-12-17(13-24(32-2)26(23)33-3)25(30)22-15-29(20-9-7-18(27)8-10-20)14-21(22)16-5-4-6-19(28)11-16/h4-15H,27-28H2,1-3H3. The van der Waals surface area contributed by atoms with Gasteiger partial charge in [0.2, 0.25) is 5.75 Å². The van der Waals surface area contributed by atoms with E-state index >= 15 is 0 Å². The van der Waals surface area contributed by atoms with Crippen LogP contribution in [0.5, 0.6) is 17.2 Å². The van der Waals surface area contributed by atoms with Gasteiger partial charge < -0.3 is 30.2 Å². The number of nitrogen functional groups attached to an aromatic ring is 2. The van der Waals surface area contributed by atoms with Crippen molar-refractivity contribution in [2.75, 3.05) is 32.8 Å². The molecule has 1 aromatic heterocycles. The summed E-state index contributed by atoms with van der Waals surface area (Å²) in [7, 11) is 4.55. The van der Waals surface area contributed by atoms with Gasteiger partial charge in [-0.15, -0.1) is 0 Å². The molecule has 0 aliphatic carbocycles. The first kappa shape index (κ1) is 21.8.